The SMILES string of the molecule is COC(=O)c1ncn(Cc2cc(F)cc3cccnc23)n1. The van der Waals surface area contributed by atoms with Gasteiger partial charge in [0, 0.05) is 17.1 Å². The molecule has 0 aliphatic heterocycles. The van der Waals surface area contributed by atoms with Gasteiger partial charge in [0.05, 0.1) is 19.2 Å². The summed E-state index contributed by atoms with van der Waals surface area (Å²) in [7, 11) is 1.26. The van der Waals surface area contributed by atoms with Gasteiger partial charge in [0.2, 0.25) is 0 Å². The zero-order valence-corrected chi connectivity index (χ0v) is 11.2. The van der Waals surface area contributed by atoms with Gasteiger partial charge in [0.1, 0.15) is 12.1 Å². The maximum atomic E-state index is 13.6. The molecule has 0 aliphatic carbocycles. The molecular formula is C14H11FN4O2. The molecule has 2 aromatic heterocycles. The summed E-state index contributed by atoms with van der Waals surface area (Å²) in [6.45, 7) is 0.259. The lowest BCUT2D eigenvalue weighted by Gasteiger charge is -2.06. The molecule has 0 saturated heterocycles. The summed E-state index contributed by atoms with van der Waals surface area (Å²) in [5.41, 5.74) is 1.35. The first-order valence-electron chi connectivity index (χ1n) is 6.18. The highest BCUT2D eigenvalue weighted by Crippen LogP contribution is 2.19. The van der Waals surface area contributed by atoms with E-state index in [1.54, 1.807) is 18.3 Å². The first-order chi connectivity index (χ1) is 10.2. The molecule has 0 spiro atoms. The summed E-state index contributed by atoms with van der Waals surface area (Å²) in [6, 6.07) is 6.36. The van der Waals surface area contributed by atoms with Gasteiger partial charge in [-0.05, 0) is 18.2 Å². The summed E-state index contributed by atoms with van der Waals surface area (Å²) in [4.78, 5) is 19.4. The molecule has 6 nitrogen and oxygen atoms in total. The quantitative estimate of drug-likeness (QED) is 0.687. The fourth-order valence-corrected chi connectivity index (χ4v) is 2.08. The van der Waals surface area contributed by atoms with Crippen LogP contribution in [0.4, 0.5) is 4.39 Å². The Morgan fingerprint density at radius 1 is 1.38 bits per heavy atom. The van der Waals surface area contributed by atoms with Gasteiger partial charge in [-0.1, -0.05) is 6.07 Å². The van der Waals surface area contributed by atoms with E-state index >= 15 is 0 Å². The van der Waals surface area contributed by atoms with Crippen molar-refractivity contribution in [1.82, 2.24) is 19.7 Å². The number of ether oxygens (including phenoxy) is 1. The molecule has 0 radical (unpaired) electrons. The minimum Gasteiger partial charge on any atom is -0.463 e. The van der Waals surface area contributed by atoms with Crippen LogP contribution in [-0.4, -0.2) is 32.8 Å². The highest BCUT2D eigenvalue weighted by Gasteiger charge is 2.12. The second-order valence-electron chi connectivity index (χ2n) is 4.40. The van der Waals surface area contributed by atoms with Crippen LogP contribution >= 0.6 is 0 Å². The summed E-state index contributed by atoms with van der Waals surface area (Å²) in [5, 5.41) is 4.70. The van der Waals surface area contributed by atoms with E-state index in [0.717, 1.165) is 0 Å². The Balaban J connectivity index is 1.98. The van der Waals surface area contributed by atoms with Crippen LogP contribution in [0.2, 0.25) is 0 Å². The molecule has 0 unspecified atom stereocenters. The van der Waals surface area contributed by atoms with Gasteiger partial charge in [-0.25, -0.2) is 18.9 Å². The van der Waals surface area contributed by atoms with Gasteiger partial charge in [-0.2, -0.15) is 0 Å². The van der Waals surface area contributed by atoms with Gasteiger partial charge in [0.25, 0.3) is 5.82 Å². The average molecular weight is 286 g/mol. The minimum absolute atomic E-state index is 0.0360. The van der Waals surface area contributed by atoms with Crippen molar-refractivity contribution in [2.75, 3.05) is 7.11 Å². The smallest absolute Gasteiger partial charge is 0.377 e. The van der Waals surface area contributed by atoms with Gasteiger partial charge in [0.15, 0.2) is 0 Å². The van der Waals surface area contributed by atoms with Gasteiger partial charge >= 0.3 is 5.97 Å². The minimum atomic E-state index is -0.615. The Hall–Kier alpha value is -2.83. The fraction of sp³-hybridized carbons (Fsp3) is 0.143. The average Bonchev–Trinajstić information content (AvgIpc) is 2.95. The topological polar surface area (TPSA) is 69.9 Å². The number of carbonyl (C=O) groups is 1. The first kappa shape index (κ1) is 13.2. The summed E-state index contributed by atoms with van der Waals surface area (Å²) >= 11 is 0. The number of halogens is 1. The number of pyridine rings is 1. The molecule has 3 aromatic rings. The van der Waals surface area contributed by atoms with E-state index in [1.165, 1.54) is 30.3 Å². The molecule has 7 heteroatoms. The van der Waals surface area contributed by atoms with Gasteiger partial charge in [-0.3, -0.25) is 4.98 Å². The molecule has 2 heterocycles. The van der Waals surface area contributed by atoms with Crippen LogP contribution in [0.3, 0.4) is 0 Å². The van der Waals surface area contributed by atoms with E-state index in [9.17, 15) is 9.18 Å². The lowest BCUT2D eigenvalue weighted by atomic mass is 10.1. The predicted molar refractivity (Wildman–Crippen MR) is 72.2 cm³/mol. The molecule has 106 valence electrons. The molecule has 0 saturated carbocycles. The van der Waals surface area contributed by atoms with Gasteiger partial charge in [-0.15, -0.1) is 5.10 Å². The maximum absolute atomic E-state index is 13.6. The van der Waals surface area contributed by atoms with Crippen LogP contribution < -0.4 is 0 Å². The van der Waals surface area contributed by atoms with Crippen LogP contribution in [0.5, 0.6) is 0 Å². The Labute approximate surface area is 119 Å². The van der Waals surface area contributed by atoms with E-state index in [0.29, 0.717) is 16.5 Å². The summed E-state index contributed by atoms with van der Waals surface area (Å²) in [6.07, 6.45) is 3.04. The molecular weight excluding hydrogens is 275 g/mol. The number of nitrogens with zero attached hydrogens (tertiary/aromatic N) is 4. The van der Waals surface area contributed by atoms with Crippen molar-refractivity contribution in [1.29, 1.82) is 0 Å². The molecule has 3 rings (SSSR count). The predicted octanol–water partition coefficient (Wildman–Crippen LogP) is 1.80. The highest BCUT2D eigenvalue weighted by atomic mass is 19.1. The van der Waals surface area contributed by atoms with Crippen LogP contribution in [0.1, 0.15) is 16.2 Å². The zero-order chi connectivity index (χ0) is 14.8. The zero-order valence-electron chi connectivity index (χ0n) is 11.2. The van der Waals surface area contributed by atoms with Crippen molar-refractivity contribution in [2.45, 2.75) is 6.54 Å². The van der Waals surface area contributed by atoms with E-state index in [-0.39, 0.29) is 18.2 Å². The largest absolute Gasteiger partial charge is 0.463 e. The fourth-order valence-electron chi connectivity index (χ4n) is 2.08. The normalized spacial score (nSPS) is 10.8. The van der Waals surface area contributed by atoms with Crippen LogP contribution in [0.15, 0.2) is 36.8 Å². The van der Waals surface area contributed by atoms with Crippen molar-refractivity contribution < 1.29 is 13.9 Å². The number of rotatable bonds is 3. The number of esters is 1. The number of carbonyl (C=O) groups excluding carboxylic acids is 1. The Bertz CT molecular complexity index is 816. The number of fused-ring (bicyclic) bond motifs is 1. The van der Waals surface area contributed by atoms with Crippen molar-refractivity contribution in [3.05, 3.63) is 54.0 Å². The summed E-state index contributed by atoms with van der Waals surface area (Å²) in [5.74, 6) is -0.999. The van der Waals surface area contributed by atoms with Crippen LogP contribution in [-0.2, 0) is 11.3 Å². The molecule has 21 heavy (non-hydrogen) atoms. The molecule has 1 aromatic carbocycles. The standard InChI is InChI=1S/C14H11FN4O2/c1-21-14(20)13-17-8-19(18-13)7-10-6-11(15)5-9-3-2-4-16-12(9)10/h2-6,8H,7H2,1H3. The number of aromatic nitrogens is 4. The third-order valence-corrected chi connectivity index (χ3v) is 2.99. The van der Waals surface area contributed by atoms with E-state index in [4.69, 9.17) is 0 Å². The van der Waals surface area contributed by atoms with E-state index in [2.05, 4.69) is 19.8 Å². The third-order valence-electron chi connectivity index (χ3n) is 2.99. The van der Waals surface area contributed by atoms with Crippen LogP contribution in [0, 0.1) is 5.82 Å². The summed E-state index contributed by atoms with van der Waals surface area (Å²) < 4.78 is 19.6. The third kappa shape index (κ3) is 2.58. The maximum Gasteiger partial charge on any atom is 0.377 e. The van der Waals surface area contributed by atoms with Crippen LogP contribution in [0.25, 0.3) is 10.9 Å². The molecule has 0 N–H and O–H groups in total. The lowest BCUT2D eigenvalue weighted by Crippen LogP contribution is -2.07. The van der Waals surface area contributed by atoms with Crippen molar-refractivity contribution in [2.24, 2.45) is 0 Å². The van der Waals surface area contributed by atoms with E-state index in [1.807, 2.05) is 0 Å². The number of hydrogen-bond acceptors (Lipinski definition) is 5. The van der Waals surface area contributed by atoms with Gasteiger partial charge < -0.3 is 4.74 Å². The molecule has 0 amide bonds. The second-order valence-corrected chi connectivity index (χ2v) is 4.40. The van der Waals surface area contributed by atoms with Crippen molar-refractivity contribution in [3.63, 3.8) is 0 Å². The second kappa shape index (κ2) is 5.28. The monoisotopic (exact) mass is 286 g/mol. The Morgan fingerprint density at radius 3 is 3.05 bits per heavy atom. The highest BCUT2D eigenvalue weighted by molar-refractivity contribution is 5.84. The lowest BCUT2D eigenvalue weighted by molar-refractivity contribution is 0.0586. The Kier molecular flexibility index (Phi) is 3.31. The van der Waals surface area contributed by atoms with Crippen molar-refractivity contribution >= 4 is 16.9 Å². The number of benzene rings is 1. The molecule has 0 aliphatic rings. The van der Waals surface area contributed by atoms with E-state index < -0.39 is 5.97 Å². The Morgan fingerprint density at radius 2 is 2.24 bits per heavy atom. The number of hydrogen-bond donors (Lipinski definition) is 0. The molecule has 0 bridgehead atoms. The first-order valence-corrected chi connectivity index (χ1v) is 6.18. The molecule has 0 fully saturated rings. The van der Waals surface area contributed by atoms with Crippen molar-refractivity contribution in [3.8, 4) is 0 Å². The number of methoxy groups -OCH3 is 1. The molecule has 0 atom stereocenters.